The zero-order valence-electron chi connectivity index (χ0n) is 25.2. The van der Waals surface area contributed by atoms with Crippen molar-refractivity contribution >= 4 is 41.5 Å². The third-order valence-electron chi connectivity index (χ3n) is 7.51. The zero-order valence-corrected chi connectivity index (χ0v) is 27.0. The van der Waals surface area contributed by atoms with Crippen LogP contribution in [-0.4, -0.2) is 81.9 Å². The van der Waals surface area contributed by atoms with Crippen molar-refractivity contribution in [2.24, 2.45) is 0 Å². The van der Waals surface area contributed by atoms with Crippen molar-refractivity contribution in [1.29, 1.82) is 0 Å². The van der Waals surface area contributed by atoms with Crippen molar-refractivity contribution in [3.05, 3.63) is 66.0 Å². The first-order valence-electron chi connectivity index (χ1n) is 13.8. The maximum atomic E-state index is 12.8. The minimum Gasteiger partial charge on any atom is -0.456 e. The van der Waals surface area contributed by atoms with Gasteiger partial charge in [0.05, 0.1) is 12.2 Å². The van der Waals surface area contributed by atoms with Gasteiger partial charge in [-0.05, 0) is 38.1 Å². The zero-order chi connectivity index (χ0) is 31.4. The summed E-state index contributed by atoms with van der Waals surface area (Å²) in [7, 11) is -1.28. The first-order valence-corrected chi connectivity index (χ1v) is 17.2. The molecule has 0 saturated heterocycles. The van der Waals surface area contributed by atoms with Crippen molar-refractivity contribution < 1.29 is 35.5 Å². The Morgan fingerprint density at radius 2 is 1.65 bits per heavy atom. The Labute approximate surface area is 252 Å². The molecular weight excluding hydrogens is 590 g/mol. The van der Waals surface area contributed by atoms with Gasteiger partial charge < -0.3 is 27.9 Å². The molecule has 13 heteroatoms. The van der Waals surface area contributed by atoms with E-state index in [0.717, 1.165) is 18.8 Å². The molecule has 0 radical (unpaired) electrons. The van der Waals surface area contributed by atoms with Gasteiger partial charge in [-0.2, -0.15) is 8.42 Å². The van der Waals surface area contributed by atoms with Crippen molar-refractivity contribution in [3.63, 3.8) is 0 Å². The van der Waals surface area contributed by atoms with Crippen LogP contribution in [0.15, 0.2) is 70.0 Å². The molecule has 230 valence electrons. The predicted octanol–water partition coefficient (Wildman–Crippen LogP) is 3.23. The summed E-state index contributed by atoms with van der Waals surface area (Å²) in [5.74, 6) is 0.228. The number of carbonyl (C=O) groups excluding carboxylic acids is 1. The van der Waals surface area contributed by atoms with Crippen LogP contribution in [0.5, 0.6) is 0 Å². The fourth-order valence-electron chi connectivity index (χ4n) is 5.11. The molecule has 0 atom stereocenters. The molecule has 11 nitrogen and oxygen atoms in total. The van der Waals surface area contributed by atoms with E-state index in [2.05, 4.69) is 24.1 Å². The Kier molecular flexibility index (Phi) is 10.0. The highest BCUT2D eigenvalue weighted by Gasteiger charge is 2.38. The minimum absolute atomic E-state index is 0.0330. The maximum absolute atomic E-state index is 12.8. The molecule has 2 aromatic carbocycles. The minimum atomic E-state index is -4.52. The number of hydrogen-bond acceptors (Lipinski definition) is 8. The van der Waals surface area contributed by atoms with Gasteiger partial charge in [0.15, 0.2) is 0 Å². The highest BCUT2D eigenvalue weighted by Crippen LogP contribution is 2.42. The van der Waals surface area contributed by atoms with Gasteiger partial charge >= 0.3 is 8.80 Å². The highest BCUT2D eigenvalue weighted by atomic mass is 32.2. The molecule has 2 N–H and O–H groups in total. The maximum Gasteiger partial charge on any atom is 0.520 e. The fraction of sp³-hybridized carbons (Fsp3) is 0.333. The summed E-state index contributed by atoms with van der Waals surface area (Å²) in [6.07, 6.45) is 0.119. The van der Waals surface area contributed by atoms with Crippen LogP contribution < -0.4 is 20.1 Å². The largest absolute Gasteiger partial charge is 0.520 e. The van der Waals surface area contributed by atoms with Gasteiger partial charge in [-0.25, -0.2) is 4.58 Å². The number of benzene rings is 3. The van der Waals surface area contributed by atoms with Crippen LogP contribution in [0.2, 0.25) is 0 Å². The number of rotatable bonds is 12. The van der Waals surface area contributed by atoms with Crippen molar-refractivity contribution in [2.75, 3.05) is 59.1 Å². The average molecular weight is 629 g/mol. The SMILES string of the molecule is CCN(CC)c1ccc2c(-c3ccccc3S(=O)(=O)O)c3ccc(=[N+](C)CC(=O)NC[Si](OC)(OC)OC)cc-3oc2c1. The van der Waals surface area contributed by atoms with Gasteiger partial charge in [0.1, 0.15) is 23.3 Å². The highest BCUT2D eigenvalue weighted by molar-refractivity contribution is 7.86. The molecule has 0 bridgehead atoms. The number of nitrogens with one attached hydrogen (secondary N) is 1. The van der Waals surface area contributed by atoms with E-state index < -0.39 is 18.9 Å². The summed E-state index contributed by atoms with van der Waals surface area (Å²) >= 11 is 0. The number of amides is 1. The van der Waals surface area contributed by atoms with Gasteiger partial charge in [-0.15, -0.1) is 0 Å². The molecule has 43 heavy (non-hydrogen) atoms. The summed E-state index contributed by atoms with van der Waals surface area (Å²) in [6, 6.07) is 17.6. The molecule has 1 heterocycles. The van der Waals surface area contributed by atoms with Crippen LogP contribution in [0.4, 0.5) is 5.69 Å². The summed E-state index contributed by atoms with van der Waals surface area (Å²) in [5, 5.41) is 4.21. The lowest BCUT2D eigenvalue weighted by molar-refractivity contribution is -0.120. The van der Waals surface area contributed by atoms with Gasteiger partial charge in [0.2, 0.25) is 11.9 Å². The average Bonchev–Trinajstić information content (AvgIpc) is 3.00. The molecule has 0 fully saturated rings. The molecule has 1 amide bonds. The molecule has 1 aliphatic heterocycles. The van der Waals surface area contributed by atoms with Crippen LogP contribution in [0.25, 0.3) is 33.4 Å². The van der Waals surface area contributed by atoms with Crippen LogP contribution in [0.3, 0.4) is 0 Å². The van der Waals surface area contributed by atoms with Crippen molar-refractivity contribution in [3.8, 4) is 22.5 Å². The summed E-state index contributed by atoms with van der Waals surface area (Å²) in [6.45, 7) is 5.77. The van der Waals surface area contributed by atoms with Gasteiger partial charge in [-0.3, -0.25) is 9.35 Å². The quantitative estimate of drug-likeness (QED) is 0.105. The van der Waals surface area contributed by atoms with Crippen molar-refractivity contribution in [1.82, 2.24) is 9.89 Å². The van der Waals surface area contributed by atoms with Gasteiger partial charge in [0, 0.05) is 74.3 Å². The third kappa shape index (κ3) is 6.82. The monoisotopic (exact) mass is 628 g/mol. The lowest BCUT2D eigenvalue weighted by Gasteiger charge is -2.24. The van der Waals surface area contributed by atoms with E-state index in [-0.39, 0.29) is 23.5 Å². The normalized spacial score (nSPS) is 12.9. The molecule has 0 unspecified atom stereocenters. The van der Waals surface area contributed by atoms with E-state index in [1.54, 1.807) is 29.8 Å². The van der Waals surface area contributed by atoms with Crippen LogP contribution in [0, 0.1) is 0 Å². The summed E-state index contributed by atoms with van der Waals surface area (Å²) in [5.41, 5.74) is 3.13. The number of nitrogens with zero attached hydrogens (tertiary/aromatic N) is 2. The Bertz CT molecular complexity index is 1760. The second-order valence-electron chi connectivity index (χ2n) is 9.91. The van der Waals surface area contributed by atoms with E-state index in [4.69, 9.17) is 17.7 Å². The van der Waals surface area contributed by atoms with Crippen LogP contribution >= 0.6 is 0 Å². The number of anilines is 1. The fourth-order valence-corrected chi connectivity index (χ4v) is 7.16. The third-order valence-corrected chi connectivity index (χ3v) is 10.9. The Hall–Kier alpha value is -3.59. The topological polar surface area (TPSA) is 131 Å². The number of hydrogen-bond donors (Lipinski definition) is 2. The first kappa shape index (κ1) is 32.3. The molecule has 1 aliphatic carbocycles. The predicted molar refractivity (Wildman–Crippen MR) is 167 cm³/mol. The smallest absolute Gasteiger partial charge is 0.456 e. The Morgan fingerprint density at radius 3 is 2.28 bits per heavy atom. The van der Waals surface area contributed by atoms with E-state index in [1.807, 2.05) is 36.4 Å². The van der Waals surface area contributed by atoms with E-state index in [1.165, 1.54) is 27.4 Å². The molecule has 2 aromatic rings. The molecule has 2 aliphatic rings. The van der Waals surface area contributed by atoms with Gasteiger partial charge in [0.25, 0.3) is 16.0 Å². The van der Waals surface area contributed by atoms with E-state index in [0.29, 0.717) is 38.8 Å². The molecule has 0 saturated carbocycles. The van der Waals surface area contributed by atoms with E-state index >= 15 is 0 Å². The summed E-state index contributed by atoms with van der Waals surface area (Å²) < 4.78 is 59.2. The van der Waals surface area contributed by atoms with Crippen LogP contribution in [0.1, 0.15) is 13.8 Å². The Morgan fingerprint density at radius 1 is 0.977 bits per heavy atom. The number of likely N-dealkylation sites (N-methyl/N-ethyl adjacent to an activating group) is 1. The van der Waals surface area contributed by atoms with Gasteiger partial charge in [-0.1, -0.05) is 18.2 Å². The number of fused-ring (bicyclic) bond motifs is 2. The second kappa shape index (κ2) is 13.4. The standard InChI is InChI=1S/C30H37N3O8SSi/c1-7-33(8-2)22-14-16-24-27(18-22)41-26-17-21(32(3)19-29(34)31-20-43(38-4,39-5)40-6)13-15-23(26)30(24)25-11-9-10-12-28(25)42(35,36)37/h9-18H,7-8,19-20H2,1-6H3,(H-,31,34,35,36,37)/p+1. The van der Waals surface area contributed by atoms with Crippen molar-refractivity contribution in [2.45, 2.75) is 18.7 Å². The van der Waals surface area contributed by atoms with E-state index in [9.17, 15) is 17.8 Å². The molecule has 0 spiro atoms. The second-order valence-corrected chi connectivity index (χ2v) is 14.2. The molecular formula is C30H38N3O8SSi+. The first-order chi connectivity index (χ1) is 20.5. The Balaban J connectivity index is 1.88. The lowest BCUT2D eigenvalue weighted by atomic mass is 9.93. The number of carbonyl (C=O) groups is 1. The summed E-state index contributed by atoms with van der Waals surface area (Å²) in [4.78, 5) is 14.8. The molecule has 4 rings (SSSR count). The lowest BCUT2D eigenvalue weighted by Crippen LogP contribution is -2.54. The van der Waals surface area contributed by atoms with Crippen LogP contribution in [-0.2, 0) is 28.2 Å². The molecule has 0 aromatic heterocycles.